The van der Waals surface area contributed by atoms with Crippen LogP contribution in [0.5, 0.6) is 11.5 Å². The van der Waals surface area contributed by atoms with Gasteiger partial charge in [0, 0.05) is 30.4 Å². The molecule has 0 N–H and O–H groups in total. The third kappa shape index (κ3) is 7.11. The molecule has 2 aliphatic carbocycles. The molecule has 9 heteroatoms. The molecule has 3 aromatic rings. The lowest BCUT2D eigenvalue weighted by Crippen LogP contribution is -2.66. The third-order valence-electron chi connectivity index (χ3n) is 12.3. The Bertz CT molecular complexity index is 1700. The Morgan fingerprint density at radius 2 is 1.45 bits per heavy atom. The number of hydrogen-bond acceptors (Lipinski definition) is 7. The summed E-state index contributed by atoms with van der Waals surface area (Å²) < 4.78 is 38.6. The molecule has 1 heterocycles. The van der Waals surface area contributed by atoms with Crippen molar-refractivity contribution in [2.45, 2.75) is 95.7 Å². The van der Waals surface area contributed by atoms with Crippen molar-refractivity contribution in [3.63, 3.8) is 0 Å². The van der Waals surface area contributed by atoms with Gasteiger partial charge in [-0.1, -0.05) is 109 Å². The van der Waals surface area contributed by atoms with Crippen molar-refractivity contribution in [2.24, 2.45) is 11.8 Å². The van der Waals surface area contributed by atoms with Crippen LogP contribution in [-0.2, 0) is 23.1 Å². The molecule has 284 valence electrons. The molecule has 0 spiro atoms. The highest BCUT2D eigenvalue weighted by atomic mass is 28.4. The SMILES string of the molecule is C=C(COCOc1ccc(OC)cc1)[C@@]1(O[Si](CC)(CC)CC)[C@@H]2CC[C@H]1[C@@H]1OC(=O)C(CCO[Si](c3ccccc3)(c3ccccc3)C(C)(C)C)=C12. The normalized spacial score (nSPS) is 22.5. The first-order chi connectivity index (χ1) is 25.5. The smallest absolute Gasteiger partial charge is 0.334 e. The second-order valence-electron chi connectivity index (χ2n) is 15.8. The predicted molar refractivity (Wildman–Crippen MR) is 216 cm³/mol. The number of benzene rings is 3. The largest absolute Gasteiger partial charge is 0.497 e. The molecular formula is C44H58O7Si2. The highest BCUT2D eigenvalue weighted by Crippen LogP contribution is 2.64. The fraction of sp³-hybridized carbons (Fsp3) is 0.477. The van der Waals surface area contributed by atoms with E-state index in [2.05, 4.69) is 109 Å². The van der Waals surface area contributed by atoms with Gasteiger partial charge in [-0.05, 0) is 81.8 Å². The van der Waals surface area contributed by atoms with Crippen LogP contribution in [0.15, 0.2) is 108 Å². The van der Waals surface area contributed by atoms with E-state index in [-0.39, 0.29) is 35.7 Å². The zero-order chi connectivity index (χ0) is 37.9. The molecule has 2 bridgehead atoms. The molecule has 0 aromatic heterocycles. The van der Waals surface area contributed by atoms with Crippen molar-refractivity contribution in [1.82, 2.24) is 0 Å². The van der Waals surface area contributed by atoms with Crippen LogP contribution in [0, 0.1) is 11.8 Å². The van der Waals surface area contributed by atoms with E-state index in [0.29, 0.717) is 25.4 Å². The molecule has 0 unspecified atom stereocenters. The molecule has 0 radical (unpaired) electrons. The lowest BCUT2D eigenvalue weighted by atomic mass is 9.83. The van der Waals surface area contributed by atoms with Gasteiger partial charge < -0.3 is 27.8 Å². The van der Waals surface area contributed by atoms with Crippen LogP contribution >= 0.6 is 0 Å². The first-order valence-electron chi connectivity index (χ1n) is 19.4. The molecule has 7 nitrogen and oxygen atoms in total. The summed E-state index contributed by atoms with van der Waals surface area (Å²) in [6.07, 6.45) is 2.02. The standard InChI is InChI=1S/C44H58O7Si2/c1-9-52(10-2,11-3)51-44(32(4)30-47-31-48-34-24-22-33(46-8)23-25-34)38-26-27-39(44)41-40(38)37(42(45)50-41)28-29-49-53(43(5,6)7,35-18-14-12-15-19-35)36-20-16-13-17-21-36/h12-25,38-39,41H,4,9-11,26-31H2,1-3,5-8H3/t38-,39+,41+,44-/m1/s1. The highest BCUT2D eigenvalue weighted by Gasteiger charge is 2.68. The van der Waals surface area contributed by atoms with Crippen LogP contribution < -0.4 is 19.8 Å². The molecule has 3 aliphatic rings. The Kier molecular flexibility index (Phi) is 11.9. The molecular weight excluding hydrogens is 697 g/mol. The molecule has 2 fully saturated rings. The Hall–Kier alpha value is -3.48. The quantitative estimate of drug-likeness (QED) is 0.0424. The molecule has 3 aromatic carbocycles. The topological polar surface area (TPSA) is 72.5 Å². The van der Waals surface area contributed by atoms with Gasteiger partial charge >= 0.3 is 5.97 Å². The van der Waals surface area contributed by atoms with Crippen LogP contribution in [0.2, 0.25) is 23.2 Å². The number of carbonyl (C=O) groups is 1. The van der Waals surface area contributed by atoms with Crippen molar-refractivity contribution in [2.75, 3.05) is 27.1 Å². The number of methoxy groups -OCH3 is 1. The predicted octanol–water partition coefficient (Wildman–Crippen LogP) is 8.59. The van der Waals surface area contributed by atoms with Crippen LogP contribution in [0.25, 0.3) is 0 Å². The number of fused-ring (bicyclic) bond motifs is 5. The van der Waals surface area contributed by atoms with E-state index in [9.17, 15) is 4.79 Å². The molecule has 1 aliphatic heterocycles. The zero-order valence-corrected chi connectivity index (χ0v) is 34.7. The van der Waals surface area contributed by atoms with Crippen LogP contribution in [0.3, 0.4) is 0 Å². The minimum absolute atomic E-state index is 0.00180. The van der Waals surface area contributed by atoms with Gasteiger partial charge in [0.1, 0.15) is 17.6 Å². The van der Waals surface area contributed by atoms with Gasteiger partial charge in [-0.15, -0.1) is 0 Å². The Balaban J connectivity index is 1.29. The minimum atomic E-state index is -2.78. The minimum Gasteiger partial charge on any atom is -0.497 e. The molecule has 0 saturated heterocycles. The van der Waals surface area contributed by atoms with Crippen LogP contribution in [0.1, 0.15) is 60.8 Å². The van der Waals surface area contributed by atoms with E-state index in [1.807, 2.05) is 24.3 Å². The molecule has 4 atom stereocenters. The number of ether oxygens (including phenoxy) is 4. The third-order valence-corrected chi connectivity index (χ3v) is 22.0. The maximum Gasteiger partial charge on any atom is 0.334 e. The second-order valence-corrected chi connectivity index (χ2v) is 24.8. The summed E-state index contributed by atoms with van der Waals surface area (Å²) in [7, 11) is -3.28. The van der Waals surface area contributed by atoms with E-state index >= 15 is 0 Å². The average molecular weight is 755 g/mol. The van der Waals surface area contributed by atoms with E-state index < -0.39 is 22.2 Å². The Labute approximate surface area is 318 Å². The second kappa shape index (κ2) is 16.1. The molecule has 6 rings (SSSR count). The first-order valence-corrected chi connectivity index (χ1v) is 23.9. The van der Waals surface area contributed by atoms with Gasteiger partial charge in [0.05, 0.1) is 19.3 Å². The van der Waals surface area contributed by atoms with Gasteiger partial charge in [0.2, 0.25) is 0 Å². The molecule has 2 saturated carbocycles. The van der Waals surface area contributed by atoms with Gasteiger partial charge in [-0.3, -0.25) is 0 Å². The van der Waals surface area contributed by atoms with Crippen molar-refractivity contribution < 1.29 is 32.6 Å². The summed E-state index contributed by atoms with van der Waals surface area (Å²) in [6, 6.07) is 31.8. The van der Waals surface area contributed by atoms with Gasteiger partial charge in [0.15, 0.2) is 15.1 Å². The van der Waals surface area contributed by atoms with E-state index in [1.165, 1.54) is 10.4 Å². The van der Waals surface area contributed by atoms with E-state index in [1.54, 1.807) is 7.11 Å². The zero-order valence-electron chi connectivity index (χ0n) is 32.7. The summed E-state index contributed by atoms with van der Waals surface area (Å²) in [5.74, 6) is 1.27. The Morgan fingerprint density at radius 1 is 0.868 bits per heavy atom. The number of hydrogen-bond donors (Lipinski definition) is 0. The fourth-order valence-corrected chi connectivity index (χ4v) is 17.1. The lowest BCUT2D eigenvalue weighted by Gasteiger charge is -2.45. The lowest BCUT2D eigenvalue weighted by molar-refractivity contribution is -0.143. The Morgan fingerprint density at radius 3 is 2.00 bits per heavy atom. The number of rotatable bonds is 18. The van der Waals surface area contributed by atoms with Crippen LogP contribution in [0.4, 0.5) is 0 Å². The summed E-state index contributed by atoms with van der Waals surface area (Å²) >= 11 is 0. The average Bonchev–Trinajstić information content (AvgIpc) is 3.79. The molecule has 0 amide bonds. The van der Waals surface area contributed by atoms with Gasteiger partial charge in [-0.25, -0.2) is 4.79 Å². The van der Waals surface area contributed by atoms with Crippen molar-refractivity contribution in [3.05, 3.63) is 108 Å². The maximum atomic E-state index is 13.8. The maximum absolute atomic E-state index is 13.8. The van der Waals surface area contributed by atoms with Crippen LogP contribution in [-0.4, -0.2) is 61.4 Å². The van der Waals surface area contributed by atoms with E-state index in [0.717, 1.165) is 53.4 Å². The summed E-state index contributed by atoms with van der Waals surface area (Å²) in [5, 5.41) is 2.29. The first kappa shape index (κ1) is 39.2. The highest BCUT2D eigenvalue weighted by molar-refractivity contribution is 6.99. The monoisotopic (exact) mass is 754 g/mol. The van der Waals surface area contributed by atoms with Gasteiger partial charge in [0.25, 0.3) is 8.32 Å². The summed E-state index contributed by atoms with van der Waals surface area (Å²) in [4.78, 5) is 13.8. The van der Waals surface area contributed by atoms with Gasteiger partial charge in [-0.2, -0.15) is 0 Å². The summed E-state index contributed by atoms with van der Waals surface area (Å²) in [5.41, 5.74) is 2.14. The number of carbonyl (C=O) groups excluding carboxylic acids is 1. The van der Waals surface area contributed by atoms with Crippen molar-refractivity contribution in [1.29, 1.82) is 0 Å². The van der Waals surface area contributed by atoms with Crippen molar-refractivity contribution in [3.8, 4) is 11.5 Å². The molecule has 53 heavy (non-hydrogen) atoms. The van der Waals surface area contributed by atoms with Crippen molar-refractivity contribution >= 4 is 33.0 Å². The van der Waals surface area contributed by atoms with E-state index in [4.69, 9.17) is 27.8 Å². The fourth-order valence-electron chi connectivity index (χ4n) is 9.47. The number of esters is 1. The summed E-state index contributed by atoms with van der Waals surface area (Å²) in [6.45, 7) is 19.1.